The lowest BCUT2D eigenvalue weighted by molar-refractivity contribution is 0.173. The summed E-state index contributed by atoms with van der Waals surface area (Å²) in [6, 6.07) is 9.31. The Morgan fingerprint density at radius 2 is 1.52 bits per heavy atom. The number of anilines is 1. The Balaban J connectivity index is 0.000000566. The van der Waals surface area contributed by atoms with Crippen molar-refractivity contribution in [3.8, 4) is 34.1 Å². The minimum Gasteiger partial charge on any atom is -0.454 e. The van der Waals surface area contributed by atoms with Crippen LogP contribution in [0.25, 0.3) is 11.1 Å². The summed E-state index contributed by atoms with van der Waals surface area (Å²) in [4.78, 5) is 0. The van der Waals surface area contributed by atoms with Gasteiger partial charge in [0, 0.05) is 12.7 Å². The topological polar surface area (TPSA) is 62.9 Å². The lowest BCUT2D eigenvalue weighted by Gasteiger charge is -2.11. The second-order valence-electron chi connectivity index (χ2n) is 4.30. The van der Waals surface area contributed by atoms with Crippen LogP contribution in [0.2, 0.25) is 0 Å². The van der Waals surface area contributed by atoms with E-state index in [9.17, 15) is 0 Å². The van der Waals surface area contributed by atoms with Gasteiger partial charge in [-0.05, 0) is 18.2 Å². The summed E-state index contributed by atoms with van der Waals surface area (Å²) in [6.07, 6.45) is 0. The molecule has 0 aliphatic carbocycles. The minimum absolute atomic E-state index is 0. The maximum atomic E-state index is 6.09. The van der Waals surface area contributed by atoms with Gasteiger partial charge in [-0.25, -0.2) is 0 Å². The summed E-state index contributed by atoms with van der Waals surface area (Å²) in [5.41, 5.74) is 8.35. The second-order valence-corrected chi connectivity index (χ2v) is 4.30. The maximum absolute atomic E-state index is 6.09. The Hall–Kier alpha value is -2.56. The zero-order valence-electron chi connectivity index (χ0n) is 12.0. The molecular weight excluding hydrogens is 270 g/mol. The number of rotatable bonds is 1. The Kier molecular flexibility index (Phi) is 3.48. The average molecular weight is 289 g/mol. The van der Waals surface area contributed by atoms with E-state index >= 15 is 0 Å². The highest BCUT2D eigenvalue weighted by Gasteiger charge is 2.26. The van der Waals surface area contributed by atoms with Crippen molar-refractivity contribution < 1.29 is 20.4 Å². The highest BCUT2D eigenvalue weighted by atomic mass is 16.7. The SMILES string of the molecule is CC.Nc1ccc2c(c1-c1cccc3c1OCO3)OCO2.[HH]. The number of benzene rings is 2. The predicted molar refractivity (Wildman–Crippen MR) is 82.0 cm³/mol. The van der Waals surface area contributed by atoms with Gasteiger partial charge in [0.05, 0.1) is 5.56 Å². The van der Waals surface area contributed by atoms with Crippen LogP contribution < -0.4 is 24.7 Å². The molecule has 4 rings (SSSR count). The van der Waals surface area contributed by atoms with Crippen LogP contribution in [-0.4, -0.2) is 13.6 Å². The molecule has 2 aromatic carbocycles. The molecule has 0 aromatic heterocycles. The van der Waals surface area contributed by atoms with Crippen LogP contribution >= 0.6 is 0 Å². The largest absolute Gasteiger partial charge is 0.454 e. The lowest BCUT2D eigenvalue weighted by Crippen LogP contribution is -1.96. The molecular formula is C16H19NO4. The standard InChI is InChI=1S/C14H11NO4.C2H6.H2/c15-9-4-5-11-14(19-7-17-11)12(9)8-2-1-3-10-13(8)18-6-16-10;1-2;/h1-5H,6-7,15H2;1-2H3;1H. The van der Waals surface area contributed by atoms with Gasteiger partial charge in [0.25, 0.3) is 0 Å². The van der Waals surface area contributed by atoms with E-state index in [1.807, 2.05) is 38.1 Å². The van der Waals surface area contributed by atoms with Gasteiger partial charge in [-0.15, -0.1) is 0 Å². The van der Waals surface area contributed by atoms with E-state index in [0.29, 0.717) is 28.7 Å². The van der Waals surface area contributed by atoms with E-state index in [-0.39, 0.29) is 15.0 Å². The molecule has 0 atom stereocenters. The van der Waals surface area contributed by atoms with Crippen molar-refractivity contribution in [2.24, 2.45) is 0 Å². The van der Waals surface area contributed by atoms with Crippen LogP contribution in [0.3, 0.4) is 0 Å². The van der Waals surface area contributed by atoms with E-state index in [1.165, 1.54) is 0 Å². The molecule has 2 aromatic rings. The van der Waals surface area contributed by atoms with Gasteiger partial charge in [0.15, 0.2) is 23.0 Å². The Morgan fingerprint density at radius 3 is 2.29 bits per heavy atom. The molecule has 0 fully saturated rings. The van der Waals surface area contributed by atoms with Crippen molar-refractivity contribution in [1.29, 1.82) is 0 Å². The molecule has 21 heavy (non-hydrogen) atoms. The molecule has 112 valence electrons. The normalized spacial score (nSPS) is 13.6. The van der Waals surface area contributed by atoms with E-state index in [1.54, 1.807) is 6.07 Å². The van der Waals surface area contributed by atoms with Crippen molar-refractivity contribution in [3.05, 3.63) is 30.3 Å². The van der Waals surface area contributed by atoms with Crippen molar-refractivity contribution in [1.82, 2.24) is 0 Å². The molecule has 2 aliphatic heterocycles. The Morgan fingerprint density at radius 1 is 0.857 bits per heavy atom. The van der Waals surface area contributed by atoms with Crippen molar-refractivity contribution in [3.63, 3.8) is 0 Å². The maximum Gasteiger partial charge on any atom is 0.231 e. The molecule has 0 saturated heterocycles. The van der Waals surface area contributed by atoms with E-state index < -0.39 is 0 Å². The van der Waals surface area contributed by atoms with Gasteiger partial charge in [0.2, 0.25) is 13.6 Å². The summed E-state index contributed by atoms with van der Waals surface area (Å²) >= 11 is 0. The molecule has 0 radical (unpaired) electrons. The summed E-state index contributed by atoms with van der Waals surface area (Å²) < 4.78 is 21.8. The van der Waals surface area contributed by atoms with Gasteiger partial charge < -0.3 is 24.7 Å². The zero-order chi connectivity index (χ0) is 14.8. The van der Waals surface area contributed by atoms with Crippen LogP contribution in [0.5, 0.6) is 23.0 Å². The highest BCUT2D eigenvalue weighted by molar-refractivity contribution is 5.89. The highest BCUT2D eigenvalue weighted by Crippen LogP contribution is 2.50. The molecule has 5 heteroatoms. The van der Waals surface area contributed by atoms with Crippen molar-refractivity contribution in [2.45, 2.75) is 13.8 Å². The lowest BCUT2D eigenvalue weighted by atomic mass is 10.0. The van der Waals surface area contributed by atoms with E-state index in [2.05, 4.69) is 0 Å². The molecule has 5 nitrogen and oxygen atoms in total. The Bertz CT molecular complexity index is 675. The van der Waals surface area contributed by atoms with E-state index in [4.69, 9.17) is 24.7 Å². The number of nitrogens with two attached hydrogens (primary N) is 1. The van der Waals surface area contributed by atoms with Crippen LogP contribution in [0.4, 0.5) is 5.69 Å². The van der Waals surface area contributed by atoms with Gasteiger partial charge in [-0.1, -0.05) is 26.0 Å². The molecule has 0 bridgehead atoms. The first-order valence-electron chi connectivity index (χ1n) is 6.91. The fourth-order valence-corrected chi connectivity index (χ4v) is 2.39. The van der Waals surface area contributed by atoms with Gasteiger partial charge in [-0.2, -0.15) is 0 Å². The smallest absolute Gasteiger partial charge is 0.231 e. The third-order valence-corrected chi connectivity index (χ3v) is 3.24. The summed E-state index contributed by atoms with van der Waals surface area (Å²) in [7, 11) is 0. The molecule has 0 unspecified atom stereocenters. The number of hydrogen-bond acceptors (Lipinski definition) is 5. The monoisotopic (exact) mass is 289 g/mol. The molecule has 0 saturated carbocycles. The third-order valence-electron chi connectivity index (χ3n) is 3.24. The average Bonchev–Trinajstić information content (AvgIpc) is 3.17. The van der Waals surface area contributed by atoms with Gasteiger partial charge in [-0.3, -0.25) is 0 Å². The van der Waals surface area contributed by atoms with Gasteiger partial charge >= 0.3 is 0 Å². The zero-order valence-corrected chi connectivity index (χ0v) is 12.0. The Labute approximate surface area is 124 Å². The fraction of sp³-hybridized carbons (Fsp3) is 0.250. The number of para-hydroxylation sites is 1. The summed E-state index contributed by atoms with van der Waals surface area (Å²) in [6.45, 7) is 4.43. The van der Waals surface area contributed by atoms with Crippen LogP contribution in [0, 0.1) is 0 Å². The first-order valence-corrected chi connectivity index (χ1v) is 6.91. The second kappa shape index (κ2) is 5.44. The van der Waals surface area contributed by atoms with E-state index in [0.717, 1.165) is 11.1 Å². The molecule has 0 amide bonds. The van der Waals surface area contributed by atoms with Crippen molar-refractivity contribution >= 4 is 5.69 Å². The summed E-state index contributed by atoms with van der Waals surface area (Å²) in [5, 5.41) is 0. The third kappa shape index (κ3) is 2.11. The number of nitrogen functional groups attached to an aromatic ring is 1. The van der Waals surface area contributed by atoms with Crippen LogP contribution in [-0.2, 0) is 0 Å². The first-order chi connectivity index (χ1) is 10.3. The quantitative estimate of drug-likeness (QED) is 0.812. The number of ether oxygens (including phenoxy) is 4. The minimum atomic E-state index is 0. The summed E-state index contributed by atoms with van der Waals surface area (Å²) in [5.74, 6) is 2.76. The first kappa shape index (κ1) is 13.4. The number of hydrogen-bond donors (Lipinski definition) is 1. The molecule has 2 heterocycles. The predicted octanol–water partition coefficient (Wildman–Crippen LogP) is 3.67. The molecule has 2 N–H and O–H groups in total. The van der Waals surface area contributed by atoms with Crippen molar-refractivity contribution in [2.75, 3.05) is 19.3 Å². The van der Waals surface area contributed by atoms with Crippen LogP contribution in [0.15, 0.2) is 30.3 Å². The molecule has 2 aliphatic rings. The fourth-order valence-electron chi connectivity index (χ4n) is 2.39. The van der Waals surface area contributed by atoms with Gasteiger partial charge in [0.1, 0.15) is 0 Å². The number of fused-ring (bicyclic) bond motifs is 2. The molecule has 0 spiro atoms. The van der Waals surface area contributed by atoms with Crippen LogP contribution in [0.1, 0.15) is 15.3 Å².